The molecule has 0 bridgehead atoms. The highest BCUT2D eigenvalue weighted by atomic mass is 35.5. The van der Waals surface area contributed by atoms with Crippen LogP contribution in [0.15, 0.2) is 79.0 Å². The van der Waals surface area contributed by atoms with Crippen LogP contribution in [0.1, 0.15) is 57.3 Å². The van der Waals surface area contributed by atoms with E-state index in [2.05, 4.69) is 57.0 Å². The molecule has 2 aliphatic heterocycles. The number of aromatic nitrogens is 3. The lowest BCUT2D eigenvalue weighted by Crippen LogP contribution is -2.36. The molecule has 0 aliphatic carbocycles. The van der Waals surface area contributed by atoms with Crippen LogP contribution < -0.4 is 4.74 Å². The van der Waals surface area contributed by atoms with Gasteiger partial charge in [-0.25, -0.2) is 9.78 Å². The molecule has 2 aliphatic rings. The number of likely N-dealkylation sites (tertiary alicyclic amines) is 1. The number of hydrogen-bond donors (Lipinski definition) is 1. The molecular weight excluding hydrogens is 536 g/mol. The number of halogens is 1. The molecule has 208 valence electrons. The smallest absolute Gasteiger partial charge is 0.410 e. The van der Waals surface area contributed by atoms with E-state index < -0.39 is 5.60 Å². The summed E-state index contributed by atoms with van der Waals surface area (Å²) in [6.45, 7) is 6.31. The third-order valence-corrected chi connectivity index (χ3v) is 7.95. The van der Waals surface area contributed by atoms with Gasteiger partial charge in [-0.1, -0.05) is 48.0 Å². The first kappa shape index (κ1) is 25.7. The number of carbonyl (C=O) groups excluding carboxylic acids is 1. The second kappa shape index (κ2) is 9.70. The summed E-state index contributed by atoms with van der Waals surface area (Å²) in [5.41, 5.74) is 5.51. The minimum atomic E-state index is -0.544. The Morgan fingerprint density at radius 2 is 1.90 bits per heavy atom. The van der Waals surface area contributed by atoms with Crippen LogP contribution in [-0.2, 0) is 4.74 Å². The van der Waals surface area contributed by atoms with Gasteiger partial charge >= 0.3 is 6.09 Å². The fraction of sp³-hybridized carbons (Fsp3) is 0.273. The van der Waals surface area contributed by atoms with E-state index in [0.29, 0.717) is 11.6 Å². The third-order valence-electron chi connectivity index (χ3n) is 7.72. The summed E-state index contributed by atoms with van der Waals surface area (Å²) >= 11 is 6.35. The van der Waals surface area contributed by atoms with Crippen molar-refractivity contribution >= 4 is 28.6 Å². The Balaban J connectivity index is 1.25. The van der Waals surface area contributed by atoms with Crippen molar-refractivity contribution in [2.24, 2.45) is 0 Å². The number of benzene rings is 3. The van der Waals surface area contributed by atoms with E-state index in [1.165, 1.54) is 0 Å². The molecule has 0 spiro atoms. The third kappa shape index (κ3) is 4.64. The SMILES string of the molecule is CC(C)(C)OC(=O)N1CCC[C@H]1c1ncc(-c2ccc3c(c2)OC(c2ccccc2)n2c-3cc3cc(Cl)ccc32)[nH]1. The van der Waals surface area contributed by atoms with E-state index in [1.54, 1.807) is 4.90 Å². The summed E-state index contributed by atoms with van der Waals surface area (Å²) in [7, 11) is 0. The highest BCUT2D eigenvalue weighted by Crippen LogP contribution is 2.45. The fourth-order valence-corrected chi connectivity index (χ4v) is 6.10. The van der Waals surface area contributed by atoms with Crippen LogP contribution in [-0.4, -0.2) is 37.7 Å². The van der Waals surface area contributed by atoms with Crippen molar-refractivity contribution in [3.05, 3.63) is 95.4 Å². The predicted octanol–water partition coefficient (Wildman–Crippen LogP) is 8.36. The Morgan fingerprint density at radius 3 is 2.71 bits per heavy atom. The molecule has 41 heavy (non-hydrogen) atoms. The van der Waals surface area contributed by atoms with Crippen molar-refractivity contribution in [1.29, 1.82) is 0 Å². The van der Waals surface area contributed by atoms with Crippen molar-refractivity contribution in [2.75, 3.05) is 6.54 Å². The first-order valence-corrected chi connectivity index (χ1v) is 14.3. The van der Waals surface area contributed by atoms with Gasteiger partial charge in [0, 0.05) is 33.6 Å². The average molecular weight is 567 g/mol. The van der Waals surface area contributed by atoms with E-state index in [0.717, 1.165) is 63.4 Å². The number of amides is 1. The van der Waals surface area contributed by atoms with Gasteiger partial charge < -0.3 is 19.0 Å². The monoisotopic (exact) mass is 566 g/mol. The highest BCUT2D eigenvalue weighted by Gasteiger charge is 2.35. The number of rotatable bonds is 3. The van der Waals surface area contributed by atoms with Crippen LogP contribution in [0.5, 0.6) is 5.75 Å². The summed E-state index contributed by atoms with van der Waals surface area (Å²) in [5, 5.41) is 1.77. The number of fused-ring (bicyclic) bond motifs is 5. The predicted molar refractivity (Wildman–Crippen MR) is 160 cm³/mol. The average Bonchev–Trinajstić information content (AvgIpc) is 3.70. The van der Waals surface area contributed by atoms with Crippen molar-refractivity contribution in [3.63, 3.8) is 0 Å². The summed E-state index contributed by atoms with van der Waals surface area (Å²) < 4.78 is 14.6. The molecule has 4 heterocycles. The van der Waals surface area contributed by atoms with Gasteiger partial charge in [0.2, 0.25) is 6.23 Å². The maximum absolute atomic E-state index is 12.8. The van der Waals surface area contributed by atoms with E-state index in [1.807, 2.05) is 57.3 Å². The first-order valence-electron chi connectivity index (χ1n) is 14.0. The molecular formula is C33H31ClN4O3. The van der Waals surface area contributed by atoms with Gasteiger partial charge in [-0.3, -0.25) is 4.90 Å². The van der Waals surface area contributed by atoms with E-state index >= 15 is 0 Å². The van der Waals surface area contributed by atoms with Crippen LogP contribution in [0, 0.1) is 0 Å². The van der Waals surface area contributed by atoms with Crippen molar-refractivity contribution in [1.82, 2.24) is 19.4 Å². The topological polar surface area (TPSA) is 72.4 Å². The Hall–Kier alpha value is -4.23. The molecule has 7 rings (SSSR count). The number of carbonyl (C=O) groups is 1. The van der Waals surface area contributed by atoms with E-state index in [9.17, 15) is 4.79 Å². The minimum Gasteiger partial charge on any atom is -0.465 e. The van der Waals surface area contributed by atoms with Gasteiger partial charge in [-0.15, -0.1) is 0 Å². The largest absolute Gasteiger partial charge is 0.465 e. The lowest BCUT2D eigenvalue weighted by atomic mass is 10.0. The quantitative estimate of drug-likeness (QED) is 0.238. The Labute approximate surface area is 243 Å². The van der Waals surface area contributed by atoms with Gasteiger partial charge in [-0.05, 0) is 70.0 Å². The van der Waals surface area contributed by atoms with Crippen LogP contribution >= 0.6 is 11.6 Å². The number of ether oxygens (including phenoxy) is 2. The highest BCUT2D eigenvalue weighted by molar-refractivity contribution is 6.31. The molecule has 8 heteroatoms. The maximum atomic E-state index is 12.8. The maximum Gasteiger partial charge on any atom is 0.410 e. The standard InChI is InChI=1S/C33H31ClN4O3/c1-33(2,3)41-32(39)37-15-7-10-27(37)30-35-19-25(36-30)21-11-13-24-28-17-22-16-23(34)12-14-26(22)38(28)31(40-29(24)18-21)20-8-5-4-6-9-20/h4-6,8-9,11-14,16-19,27,31H,7,10,15H2,1-3H3,(H,35,36)/t27-,31?/m0/s1. The molecule has 1 saturated heterocycles. The second-order valence-electron chi connectivity index (χ2n) is 11.7. The normalized spacial score (nSPS) is 18.2. The number of aromatic amines is 1. The van der Waals surface area contributed by atoms with Crippen LogP contribution in [0.25, 0.3) is 33.4 Å². The zero-order valence-electron chi connectivity index (χ0n) is 23.2. The van der Waals surface area contributed by atoms with Gasteiger partial charge in [0.25, 0.3) is 0 Å². The van der Waals surface area contributed by atoms with Crippen molar-refractivity contribution < 1.29 is 14.3 Å². The van der Waals surface area contributed by atoms with Crippen LogP contribution in [0.4, 0.5) is 4.79 Å². The Bertz CT molecular complexity index is 1770. The number of hydrogen-bond acceptors (Lipinski definition) is 4. The van der Waals surface area contributed by atoms with Crippen LogP contribution in [0.3, 0.4) is 0 Å². The first-order chi connectivity index (χ1) is 19.7. The number of nitrogens with zero attached hydrogens (tertiary/aromatic N) is 3. The number of H-pyrrole nitrogens is 1. The molecule has 5 aromatic rings. The molecule has 2 aromatic heterocycles. The Morgan fingerprint density at radius 1 is 1.07 bits per heavy atom. The van der Waals surface area contributed by atoms with Crippen molar-refractivity contribution in [2.45, 2.75) is 51.5 Å². The summed E-state index contributed by atoms with van der Waals surface area (Å²) in [6.07, 6.45) is 2.95. The van der Waals surface area contributed by atoms with Gasteiger partial charge in [0.15, 0.2) is 0 Å². The summed E-state index contributed by atoms with van der Waals surface area (Å²) in [6, 6.07) is 24.5. The zero-order valence-corrected chi connectivity index (χ0v) is 24.0. The molecule has 3 aromatic carbocycles. The van der Waals surface area contributed by atoms with E-state index in [4.69, 9.17) is 21.1 Å². The van der Waals surface area contributed by atoms with Gasteiger partial charge in [0.1, 0.15) is 17.2 Å². The van der Waals surface area contributed by atoms with Gasteiger partial charge in [0.05, 0.1) is 29.1 Å². The number of imidazole rings is 1. The molecule has 1 fully saturated rings. The van der Waals surface area contributed by atoms with Crippen LogP contribution in [0.2, 0.25) is 5.02 Å². The Kier molecular flexibility index (Phi) is 6.08. The summed E-state index contributed by atoms with van der Waals surface area (Å²) in [4.78, 5) is 22.8. The molecule has 0 saturated carbocycles. The molecule has 0 radical (unpaired) electrons. The molecule has 1 N–H and O–H groups in total. The summed E-state index contributed by atoms with van der Waals surface area (Å²) in [5.74, 6) is 1.56. The second-order valence-corrected chi connectivity index (χ2v) is 12.1. The van der Waals surface area contributed by atoms with Crippen molar-refractivity contribution in [3.8, 4) is 28.3 Å². The molecule has 7 nitrogen and oxygen atoms in total. The minimum absolute atomic E-state index is 0.141. The van der Waals surface area contributed by atoms with E-state index in [-0.39, 0.29) is 18.4 Å². The van der Waals surface area contributed by atoms with Gasteiger partial charge in [-0.2, -0.15) is 0 Å². The lowest BCUT2D eigenvalue weighted by Gasteiger charge is -2.30. The molecule has 2 atom stereocenters. The number of nitrogens with one attached hydrogen (secondary N) is 1. The fourth-order valence-electron chi connectivity index (χ4n) is 5.92. The molecule has 1 amide bonds. The lowest BCUT2D eigenvalue weighted by molar-refractivity contribution is 0.0218. The zero-order chi connectivity index (χ0) is 28.3. The molecule has 1 unspecified atom stereocenters.